The highest BCUT2D eigenvalue weighted by Crippen LogP contribution is 2.35. The van der Waals surface area contributed by atoms with Gasteiger partial charge in [-0.2, -0.15) is 13.2 Å². The summed E-state index contributed by atoms with van der Waals surface area (Å²) in [5, 5.41) is 9.80. The average molecular weight is 578 g/mol. The van der Waals surface area contributed by atoms with E-state index in [1.807, 2.05) is 25.1 Å². The van der Waals surface area contributed by atoms with Crippen molar-refractivity contribution in [1.82, 2.24) is 14.8 Å². The van der Waals surface area contributed by atoms with Crippen LogP contribution in [0.2, 0.25) is 0 Å². The van der Waals surface area contributed by atoms with Crippen LogP contribution in [-0.2, 0) is 9.53 Å². The summed E-state index contributed by atoms with van der Waals surface area (Å²) in [4.78, 5) is 32.4. The molecule has 3 saturated heterocycles. The van der Waals surface area contributed by atoms with Gasteiger partial charge in [0.2, 0.25) is 0 Å². The number of hydrogen-bond donors (Lipinski definition) is 2. The Hall–Kier alpha value is -3.38. The minimum Gasteiger partial charge on any atom is -0.483 e. The number of morpholine rings is 1. The number of carboxylic acid groups (broad SMARTS) is 1. The maximum Gasteiger partial charge on any atom is 0.389 e. The number of urea groups is 1. The van der Waals surface area contributed by atoms with Crippen LogP contribution >= 0.6 is 0 Å². The SMILES string of the molecule is Cc1ccc(NC(=O)N2CC[C@@H](CC(F)(F)F)C2)cc1-c1cc(C2CCN(C)C2)nc(N2CCOCC2)c1.O=CO. The zero-order valence-corrected chi connectivity index (χ0v) is 23.5. The van der Waals surface area contributed by atoms with Gasteiger partial charge in [0.05, 0.1) is 13.2 Å². The molecular weight excluding hydrogens is 539 g/mol. The van der Waals surface area contributed by atoms with Crippen molar-refractivity contribution in [2.45, 2.75) is 38.3 Å². The Balaban J connectivity index is 0.00000124. The van der Waals surface area contributed by atoms with Gasteiger partial charge < -0.3 is 29.9 Å². The number of likely N-dealkylation sites (N-methyl/N-ethyl adjacent to an activating group) is 1. The van der Waals surface area contributed by atoms with Crippen LogP contribution in [0.5, 0.6) is 0 Å². The van der Waals surface area contributed by atoms with Crippen molar-refractivity contribution in [2.24, 2.45) is 5.92 Å². The topological polar surface area (TPSA) is 98.2 Å². The maximum atomic E-state index is 12.9. The minimum atomic E-state index is -4.21. The first kappa shape index (κ1) is 30.6. The van der Waals surface area contributed by atoms with Gasteiger partial charge in [-0.05, 0) is 80.2 Å². The number of nitrogens with one attached hydrogen (secondary N) is 1. The van der Waals surface area contributed by atoms with Crippen LogP contribution in [0.1, 0.15) is 36.4 Å². The second-order valence-electron chi connectivity index (χ2n) is 11.0. The molecule has 3 aliphatic heterocycles. The lowest BCUT2D eigenvalue weighted by Gasteiger charge is -2.29. The number of benzene rings is 1. The molecule has 224 valence electrons. The number of amides is 2. The fourth-order valence-electron chi connectivity index (χ4n) is 5.76. The summed E-state index contributed by atoms with van der Waals surface area (Å²) in [6.07, 6.45) is -3.62. The maximum absolute atomic E-state index is 12.9. The first-order valence-electron chi connectivity index (χ1n) is 13.9. The lowest BCUT2D eigenvalue weighted by Crippen LogP contribution is -2.37. The van der Waals surface area contributed by atoms with Gasteiger partial charge in [0.15, 0.2) is 0 Å². The summed E-state index contributed by atoms with van der Waals surface area (Å²) in [7, 11) is 2.13. The molecular formula is C29H38F3N5O4. The predicted octanol–water partition coefficient (Wildman–Crippen LogP) is 4.82. The van der Waals surface area contributed by atoms with Gasteiger partial charge in [0.25, 0.3) is 6.47 Å². The van der Waals surface area contributed by atoms with Crippen LogP contribution in [0.15, 0.2) is 30.3 Å². The third-order valence-electron chi connectivity index (χ3n) is 7.87. The average Bonchev–Trinajstić information content (AvgIpc) is 3.58. The van der Waals surface area contributed by atoms with E-state index in [1.165, 1.54) is 4.90 Å². The Labute approximate surface area is 238 Å². The van der Waals surface area contributed by atoms with Crippen molar-refractivity contribution in [3.63, 3.8) is 0 Å². The summed E-state index contributed by atoms with van der Waals surface area (Å²) in [6, 6.07) is 9.70. The molecule has 2 amide bonds. The Bertz CT molecular complexity index is 1180. The van der Waals surface area contributed by atoms with E-state index < -0.39 is 18.5 Å². The number of anilines is 2. The molecule has 4 heterocycles. The minimum absolute atomic E-state index is 0.122. The van der Waals surface area contributed by atoms with E-state index in [0.717, 1.165) is 60.8 Å². The van der Waals surface area contributed by atoms with Crippen LogP contribution < -0.4 is 10.2 Å². The molecule has 2 atom stereocenters. The van der Waals surface area contributed by atoms with Crippen LogP contribution in [0, 0.1) is 12.8 Å². The predicted molar refractivity (Wildman–Crippen MR) is 150 cm³/mol. The summed E-state index contributed by atoms with van der Waals surface area (Å²) >= 11 is 0. The molecule has 0 radical (unpaired) electrons. The van der Waals surface area contributed by atoms with Crippen LogP contribution in [0.25, 0.3) is 11.1 Å². The summed E-state index contributed by atoms with van der Waals surface area (Å²) in [5.41, 5.74) is 4.83. The molecule has 0 spiro atoms. The lowest BCUT2D eigenvalue weighted by atomic mass is 9.96. The molecule has 0 saturated carbocycles. The molecule has 9 nitrogen and oxygen atoms in total. The standard InChI is InChI=1S/C28H36F3N5O2.CH2O2/c1-19-3-4-23(32-27(37)36-8-5-20(17-36)16-28(29,30)31)15-24(19)22-13-25(21-6-7-34(2)18-21)33-26(14-22)35-9-11-38-12-10-35;2-1-3/h3-4,13-15,20-21H,5-12,16-18H2,1-2H3,(H,32,37);1H,(H,2,3)/t20-,21?;/m0./s1. The van der Waals surface area contributed by atoms with Gasteiger partial charge >= 0.3 is 12.2 Å². The molecule has 1 aromatic carbocycles. The highest BCUT2D eigenvalue weighted by Gasteiger charge is 2.36. The first-order chi connectivity index (χ1) is 19.6. The monoisotopic (exact) mass is 577 g/mol. The normalized spacial score (nSPS) is 21.4. The lowest BCUT2D eigenvalue weighted by molar-refractivity contribution is -0.143. The Morgan fingerprint density at radius 1 is 1.12 bits per heavy atom. The smallest absolute Gasteiger partial charge is 0.389 e. The van der Waals surface area contributed by atoms with Crippen molar-refractivity contribution in [1.29, 1.82) is 0 Å². The second-order valence-corrected chi connectivity index (χ2v) is 11.0. The van der Waals surface area contributed by atoms with E-state index in [9.17, 15) is 18.0 Å². The van der Waals surface area contributed by atoms with Gasteiger partial charge in [-0.15, -0.1) is 0 Å². The molecule has 5 rings (SSSR count). The van der Waals surface area contributed by atoms with Crippen molar-refractivity contribution in [3.05, 3.63) is 41.6 Å². The van der Waals surface area contributed by atoms with E-state index in [0.29, 0.717) is 37.8 Å². The number of pyridine rings is 1. The Kier molecular flexibility index (Phi) is 10.1. The Morgan fingerprint density at radius 3 is 2.51 bits per heavy atom. The number of aryl methyl sites for hydroxylation is 1. The number of ether oxygens (including phenoxy) is 1. The van der Waals surface area contributed by atoms with Crippen molar-refractivity contribution in [3.8, 4) is 11.1 Å². The number of halogens is 3. The summed E-state index contributed by atoms with van der Waals surface area (Å²) < 4.78 is 43.9. The zero-order chi connectivity index (χ0) is 29.6. The van der Waals surface area contributed by atoms with Crippen LogP contribution in [-0.4, -0.2) is 98.1 Å². The molecule has 3 fully saturated rings. The fraction of sp³-hybridized carbons (Fsp3) is 0.552. The Morgan fingerprint density at radius 2 is 1.85 bits per heavy atom. The van der Waals surface area contributed by atoms with Gasteiger partial charge in [0, 0.05) is 56.4 Å². The van der Waals surface area contributed by atoms with Crippen molar-refractivity contribution < 1.29 is 32.6 Å². The fourth-order valence-corrected chi connectivity index (χ4v) is 5.76. The number of likely N-dealkylation sites (tertiary alicyclic amines) is 2. The van der Waals surface area contributed by atoms with E-state index in [-0.39, 0.29) is 19.0 Å². The largest absolute Gasteiger partial charge is 0.483 e. The summed E-state index contributed by atoms with van der Waals surface area (Å²) in [5.74, 6) is 0.762. The summed E-state index contributed by atoms with van der Waals surface area (Å²) in [6.45, 7) is 7.20. The van der Waals surface area contributed by atoms with Crippen molar-refractivity contribution in [2.75, 3.05) is 69.7 Å². The zero-order valence-electron chi connectivity index (χ0n) is 23.5. The third kappa shape index (κ3) is 8.32. The third-order valence-corrected chi connectivity index (χ3v) is 7.87. The van der Waals surface area contributed by atoms with Gasteiger partial charge in [0.1, 0.15) is 5.82 Å². The van der Waals surface area contributed by atoms with E-state index in [2.05, 4.69) is 34.3 Å². The molecule has 12 heteroatoms. The molecule has 3 aliphatic rings. The molecule has 41 heavy (non-hydrogen) atoms. The van der Waals surface area contributed by atoms with Gasteiger partial charge in [-0.1, -0.05) is 6.07 Å². The molecule has 1 unspecified atom stereocenters. The molecule has 0 aliphatic carbocycles. The van der Waals surface area contributed by atoms with E-state index in [1.54, 1.807) is 0 Å². The number of aromatic nitrogens is 1. The highest BCUT2D eigenvalue weighted by atomic mass is 19.4. The number of carbonyl (C=O) groups is 2. The number of alkyl halides is 3. The highest BCUT2D eigenvalue weighted by molar-refractivity contribution is 5.90. The van der Waals surface area contributed by atoms with Crippen LogP contribution in [0.4, 0.5) is 29.5 Å². The van der Waals surface area contributed by atoms with E-state index >= 15 is 0 Å². The molecule has 2 aromatic rings. The quantitative estimate of drug-likeness (QED) is 0.492. The molecule has 0 bridgehead atoms. The van der Waals surface area contributed by atoms with Crippen LogP contribution in [0.3, 0.4) is 0 Å². The first-order valence-corrected chi connectivity index (χ1v) is 13.9. The van der Waals surface area contributed by atoms with Crippen molar-refractivity contribution >= 4 is 24.0 Å². The second kappa shape index (κ2) is 13.5. The van der Waals surface area contributed by atoms with Gasteiger partial charge in [-0.25, -0.2) is 9.78 Å². The number of carbonyl (C=O) groups excluding carboxylic acids is 1. The number of rotatable bonds is 5. The number of nitrogens with zero attached hydrogens (tertiary/aromatic N) is 4. The van der Waals surface area contributed by atoms with Gasteiger partial charge in [-0.3, -0.25) is 4.79 Å². The molecule has 1 aromatic heterocycles. The molecule has 2 N–H and O–H groups in total. The number of hydrogen-bond acceptors (Lipinski definition) is 6. The van der Waals surface area contributed by atoms with E-state index in [4.69, 9.17) is 19.6 Å².